The zero-order valence-electron chi connectivity index (χ0n) is 17.6. The van der Waals surface area contributed by atoms with E-state index < -0.39 is 11.0 Å². The quantitative estimate of drug-likeness (QED) is 0.758. The maximum Gasteiger partial charge on any atom is 0.253 e. The van der Waals surface area contributed by atoms with E-state index in [1.165, 1.54) is 12.1 Å². The molecular weight excluding hydrogens is 395 g/mol. The third-order valence-corrected chi connectivity index (χ3v) is 7.16. The van der Waals surface area contributed by atoms with Crippen molar-refractivity contribution in [2.45, 2.75) is 43.1 Å². The summed E-state index contributed by atoms with van der Waals surface area (Å²) in [4.78, 5) is 30.0. The molecule has 2 saturated heterocycles. The van der Waals surface area contributed by atoms with Gasteiger partial charge in [-0.05, 0) is 49.1 Å². The molecule has 31 heavy (non-hydrogen) atoms. The summed E-state index contributed by atoms with van der Waals surface area (Å²) in [5.74, 6) is -0.296. The monoisotopic (exact) mass is 422 g/mol. The van der Waals surface area contributed by atoms with Gasteiger partial charge in [0.2, 0.25) is 5.91 Å². The summed E-state index contributed by atoms with van der Waals surface area (Å²) in [5.41, 5.74) is 0.423. The van der Waals surface area contributed by atoms with E-state index in [9.17, 15) is 14.0 Å². The summed E-state index contributed by atoms with van der Waals surface area (Å²) >= 11 is 0. The molecular formula is C25H27FN2O3. The lowest BCUT2D eigenvalue weighted by atomic mass is 9.77. The zero-order valence-corrected chi connectivity index (χ0v) is 17.6. The molecule has 0 aromatic heterocycles. The van der Waals surface area contributed by atoms with Crippen molar-refractivity contribution in [2.75, 3.05) is 31.1 Å². The first kappa shape index (κ1) is 20.2. The molecule has 5 rings (SSSR count). The van der Waals surface area contributed by atoms with Crippen molar-refractivity contribution in [1.82, 2.24) is 4.90 Å². The van der Waals surface area contributed by atoms with Crippen molar-refractivity contribution in [3.05, 3.63) is 66.0 Å². The molecule has 3 fully saturated rings. The van der Waals surface area contributed by atoms with Gasteiger partial charge in [0.05, 0.1) is 18.5 Å². The van der Waals surface area contributed by atoms with E-state index in [2.05, 4.69) is 0 Å². The van der Waals surface area contributed by atoms with Crippen LogP contribution in [0, 0.1) is 5.82 Å². The summed E-state index contributed by atoms with van der Waals surface area (Å²) in [7, 11) is 0. The van der Waals surface area contributed by atoms with Gasteiger partial charge in [0.25, 0.3) is 5.91 Å². The van der Waals surface area contributed by atoms with Crippen molar-refractivity contribution in [2.24, 2.45) is 0 Å². The number of hydrogen-bond acceptors (Lipinski definition) is 3. The molecule has 2 heterocycles. The molecule has 0 bridgehead atoms. The number of anilines is 1. The predicted octanol–water partition coefficient (Wildman–Crippen LogP) is 3.67. The van der Waals surface area contributed by atoms with Crippen molar-refractivity contribution in [1.29, 1.82) is 0 Å². The highest BCUT2D eigenvalue weighted by Gasteiger charge is 2.51. The number of halogens is 1. The van der Waals surface area contributed by atoms with E-state index in [-0.39, 0.29) is 24.2 Å². The van der Waals surface area contributed by atoms with Gasteiger partial charge in [-0.15, -0.1) is 0 Å². The minimum absolute atomic E-state index is 0.0198. The molecule has 162 valence electrons. The van der Waals surface area contributed by atoms with Gasteiger partial charge in [-0.3, -0.25) is 9.59 Å². The van der Waals surface area contributed by atoms with Crippen LogP contribution in [0.25, 0.3) is 0 Å². The predicted molar refractivity (Wildman–Crippen MR) is 115 cm³/mol. The Morgan fingerprint density at radius 2 is 1.74 bits per heavy atom. The van der Waals surface area contributed by atoms with E-state index in [1.54, 1.807) is 11.0 Å². The lowest BCUT2D eigenvalue weighted by Gasteiger charge is -2.40. The van der Waals surface area contributed by atoms with Gasteiger partial charge in [-0.2, -0.15) is 0 Å². The molecule has 0 radical (unpaired) electrons. The van der Waals surface area contributed by atoms with Gasteiger partial charge < -0.3 is 14.5 Å². The molecule has 0 unspecified atom stereocenters. The van der Waals surface area contributed by atoms with Crippen LogP contribution in [0.2, 0.25) is 0 Å². The minimum atomic E-state index is -0.656. The number of carbonyl (C=O) groups is 2. The zero-order chi connectivity index (χ0) is 21.5. The Morgan fingerprint density at radius 1 is 0.968 bits per heavy atom. The van der Waals surface area contributed by atoms with Gasteiger partial charge in [0.15, 0.2) is 0 Å². The van der Waals surface area contributed by atoms with Crippen LogP contribution < -0.4 is 4.90 Å². The van der Waals surface area contributed by atoms with Crippen molar-refractivity contribution >= 4 is 17.5 Å². The summed E-state index contributed by atoms with van der Waals surface area (Å²) in [6.07, 6.45) is 4.11. The molecule has 1 atom stereocenters. The van der Waals surface area contributed by atoms with Crippen LogP contribution in [-0.2, 0) is 19.7 Å². The fraction of sp³-hybridized carbons (Fsp3) is 0.440. The number of rotatable bonds is 3. The molecule has 5 nitrogen and oxygen atoms in total. The average Bonchev–Trinajstić information content (AvgIpc) is 3.45. The molecule has 6 heteroatoms. The normalized spacial score (nSPS) is 25.4. The Bertz CT molecular complexity index is 989. The molecule has 2 aromatic carbocycles. The summed E-state index contributed by atoms with van der Waals surface area (Å²) < 4.78 is 20.0. The minimum Gasteiger partial charge on any atom is -0.361 e. The van der Waals surface area contributed by atoms with Crippen molar-refractivity contribution < 1.29 is 18.7 Å². The maximum absolute atomic E-state index is 14.0. The van der Waals surface area contributed by atoms with Gasteiger partial charge in [0.1, 0.15) is 18.0 Å². The lowest BCUT2D eigenvalue weighted by Crippen LogP contribution is -2.57. The molecule has 3 aliphatic rings. The van der Waals surface area contributed by atoms with E-state index in [0.29, 0.717) is 26.1 Å². The van der Waals surface area contributed by atoms with Gasteiger partial charge >= 0.3 is 0 Å². The third kappa shape index (κ3) is 3.53. The van der Waals surface area contributed by atoms with E-state index in [0.717, 1.165) is 36.9 Å². The number of para-hydroxylation sites is 1. The Labute approximate surface area is 181 Å². The fourth-order valence-electron chi connectivity index (χ4n) is 5.52. The van der Waals surface area contributed by atoms with Crippen molar-refractivity contribution in [3.8, 4) is 0 Å². The van der Waals surface area contributed by atoms with Gasteiger partial charge in [0, 0.05) is 12.2 Å². The first-order chi connectivity index (χ1) is 15.0. The standard InChI is InChI=1S/C25H27FN2O3/c26-20-8-6-7-19(15-20)25(11-4-5-12-25)23(30)27-14-13-24(17-27)18-28(22(29)16-31-24)21-9-2-1-3-10-21/h1-3,6-10,15H,4-5,11-14,16-18H2/t24-/m1/s1. The Balaban J connectivity index is 1.38. The number of morpholine rings is 1. The van der Waals surface area contributed by atoms with Gasteiger partial charge in [-0.25, -0.2) is 4.39 Å². The Kier molecular flexibility index (Phi) is 5.05. The second kappa shape index (κ2) is 7.75. The average molecular weight is 423 g/mol. The number of likely N-dealkylation sites (tertiary alicyclic amines) is 1. The lowest BCUT2D eigenvalue weighted by molar-refractivity contribution is -0.141. The molecule has 1 spiro atoms. The van der Waals surface area contributed by atoms with E-state index in [4.69, 9.17) is 4.74 Å². The van der Waals surface area contributed by atoms with Crippen LogP contribution in [0.15, 0.2) is 54.6 Å². The van der Waals surface area contributed by atoms with E-state index >= 15 is 0 Å². The highest BCUT2D eigenvalue weighted by Crippen LogP contribution is 2.44. The number of nitrogens with zero attached hydrogens (tertiary/aromatic N) is 2. The summed E-state index contributed by atoms with van der Waals surface area (Å²) in [5, 5.41) is 0. The first-order valence-corrected chi connectivity index (χ1v) is 11.1. The fourth-order valence-corrected chi connectivity index (χ4v) is 5.52. The Hall–Kier alpha value is -2.73. The largest absolute Gasteiger partial charge is 0.361 e. The topological polar surface area (TPSA) is 49.9 Å². The molecule has 0 N–H and O–H groups in total. The molecule has 2 aliphatic heterocycles. The number of hydrogen-bond donors (Lipinski definition) is 0. The summed E-state index contributed by atoms with van der Waals surface area (Å²) in [6.45, 7) is 1.50. The molecule has 1 aliphatic carbocycles. The number of amides is 2. The second-order valence-corrected chi connectivity index (χ2v) is 9.06. The number of ether oxygens (including phenoxy) is 1. The highest BCUT2D eigenvalue weighted by molar-refractivity contribution is 5.95. The van der Waals surface area contributed by atoms with Crippen LogP contribution >= 0.6 is 0 Å². The molecule has 1 saturated carbocycles. The number of carbonyl (C=O) groups excluding carboxylic acids is 2. The van der Waals surface area contributed by atoms with Crippen LogP contribution in [-0.4, -0.2) is 48.6 Å². The Morgan fingerprint density at radius 3 is 2.48 bits per heavy atom. The first-order valence-electron chi connectivity index (χ1n) is 11.1. The van der Waals surface area contributed by atoms with Crippen LogP contribution in [0.4, 0.5) is 10.1 Å². The molecule has 2 amide bonds. The van der Waals surface area contributed by atoms with Gasteiger partial charge in [-0.1, -0.05) is 43.2 Å². The SMILES string of the molecule is O=C1CO[C@@]2(CCN(C(=O)C3(c4cccc(F)c4)CCCC3)C2)CN1c1ccccc1. The second-order valence-electron chi connectivity index (χ2n) is 9.06. The van der Waals surface area contributed by atoms with E-state index in [1.807, 2.05) is 41.3 Å². The van der Waals surface area contributed by atoms with Crippen LogP contribution in [0.5, 0.6) is 0 Å². The van der Waals surface area contributed by atoms with Crippen LogP contribution in [0.3, 0.4) is 0 Å². The number of benzene rings is 2. The summed E-state index contributed by atoms with van der Waals surface area (Å²) in [6, 6.07) is 16.1. The smallest absolute Gasteiger partial charge is 0.253 e. The third-order valence-electron chi connectivity index (χ3n) is 7.16. The molecule has 2 aromatic rings. The van der Waals surface area contributed by atoms with Crippen LogP contribution in [0.1, 0.15) is 37.7 Å². The maximum atomic E-state index is 14.0. The highest BCUT2D eigenvalue weighted by atomic mass is 19.1. The van der Waals surface area contributed by atoms with Crippen molar-refractivity contribution in [3.63, 3.8) is 0 Å².